The first kappa shape index (κ1) is 14.5. The molecule has 6 heteroatoms. The Balaban J connectivity index is 2.25. The lowest BCUT2D eigenvalue weighted by atomic mass is 10.0. The van der Waals surface area contributed by atoms with Crippen molar-refractivity contribution >= 4 is 34.8 Å². The Morgan fingerprint density at radius 1 is 1.26 bits per heavy atom. The smallest absolute Gasteiger partial charge is 0.142 e. The fourth-order valence-corrected chi connectivity index (χ4v) is 2.46. The van der Waals surface area contributed by atoms with Gasteiger partial charge in [0.15, 0.2) is 0 Å². The normalized spacial score (nSPS) is 12.5. The van der Waals surface area contributed by atoms with Gasteiger partial charge in [-0.05, 0) is 24.1 Å². The van der Waals surface area contributed by atoms with E-state index < -0.39 is 11.9 Å². The minimum Gasteiger partial charge on any atom is -0.322 e. The van der Waals surface area contributed by atoms with Crippen molar-refractivity contribution < 1.29 is 4.39 Å². The summed E-state index contributed by atoms with van der Waals surface area (Å²) in [5.41, 5.74) is 7.14. The Morgan fingerprint density at radius 2 is 2.00 bits per heavy atom. The van der Waals surface area contributed by atoms with Crippen LogP contribution in [-0.4, -0.2) is 4.98 Å². The van der Waals surface area contributed by atoms with E-state index in [0.717, 1.165) is 0 Å². The molecule has 2 aromatic rings. The standard InChI is InChI=1S/C13H10Cl3FN2/c14-8-5-9(15)13(19-6-8)11(18)4-7-2-1-3-10(17)12(7)16/h1-3,5-6,11H,4,18H2. The molecule has 0 amide bonds. The Bertz CT molecular complexity index is 604. The van der Waals surface area contributed by atoms with E-state index in [2.05, 4.69) is 4.98 Å². The van der Waals surface area contributed by atoms with Crippen molar-refractivity contribution in [1.29, 1.82) is 0 Å². The third kappa shape index (κ3) is 3.37. The van der Waals surface area contributed by atoms with Crippen molar-refractivity contribution in [2.45, 2.75) is 12.5 Å². The Kier molecular flexibility index (Phi) is 4.63. The van der Waals surface area contributed by atoms with Gasteiger partial charge in [0.1, 0.15) is 5.82 Å². The van der Waals surface area contributed by atoms with Gasteiger partial charge in [0, 0.05) is 6.20 Å². The maximum absolute atomic E-state index is 13.3. The zero-order chi connectivity index (χ0) is 14.0. The summed E-state index contributed by atoms with van der Waals surface area (Å²) >= 11 is 17.7. The van der Waals surface area contributed by atoms with Crippen LogP contribution < -0.4 is 5.73 Å². The molecular weight excluding hydrogens is 310 g/mol. The molecule has 0 aliphatic heterocycles. The number of benzene rings is 1. The highest BCUT2D eigenvalue weighted by Gasteiger charge is 2.15. The van der Waals surface area contributed by atoms with E-state index in [0.29, 0.717) is 27.7 Å². The fourth-order valence-electron chi connectivity index (χ4n) is 1.74. The second kappa shape index (κ2) is 6.06. The molecule has 19 heavy (non-hydrogen) atoms. The maximum atomic E-state index is 13.3. The van der Waals surface area contributed by atoms with Crippen LogP contribution in [0.3, 0.4) is 0 Å². The molecule has 0 aliphatic rings. The molecule has 1 unspecified atom stereocenters. The molecule has 2 N–H and O–H groups in total. The van der Waals surface area contributed by atoms with Gasteiger partial charge >= 0.3 is 0 Å². The number of nitrogens with two attached hydrogens (primary N) is 1. The van der Waals surface area contributed by atoms with Crippen LogP contribution in [0, 0.1) is 5.82 Å². The highest BCUT2D eigenvalue weighted by Crippen LogP contribution is 2.27. The van der Waals surface area contributed by atoms with Gasteiger partial charge in [-0.2, -0.15) is 0 Å². The fraction of sp³-hybridized carbons (Fsp3) is 0.154. The minimum atomic E-state index is -0.482. The van der Waals surface area contributed by atoms with Crippen LogP contribution >= 0.6 is 34.8 Å². The third-order valence-electron chi connectivity index (χ3n) is 2.66. The van der Waals surface area contributed by atoms with E-state index in [1.165, 1.54) is 12.3 Å². The van der Waals surface area contributed by atoms with Crippen LogP contribution in [0.2, 0.25) is 15.1 Å². The highest BCUT2D eigenvalue weighted by molar-refractivity contribution is 6.34. The van der Waals surface area contributed by atoms with Crippen molar-refractivity contribution in [3.63, 3.8) is 0 Å². The number of halogens is 4. The minimum absolute atomic E-state index is 0.0723. The van der Waals surface area contributed by atoms with E-state index >= 15 is 0 Å². The average Bonchev–Trinajstić information content (AvgIpc) is 2.34. The third-order valence-corrected chi connectivity index (χ3v) is 3.59. The van der Waals surface area contributed by atoms with Gasteiger partial charge in [-0.1, -0.05) is 46.9 Å². The second-order valence-corrected chi connectivity index (χ2v) is 5.27. The maximum Gasteiger partial charge on any atom is 0.142 e. The molecule has 0 spiro atoms. The lowest BCUT2D eigenvalue weighted by Gasteiger charge is -2.14. The van der Waals surface area contributed by atoms with Gasteiger partial charge in [-0.15, -0.1) is 0 Å². The van der Waals surface area contributed by atoms with Crippen LogP contribution in [0.25, 0.3) is 0 Å². The van der Waals surface area contributed by atoms with Crippen molar-refractivity contribution in [1.82, 2.24) is 4.98 Å². The quantitative estimate of drug-likeness (QED) is 0.909. The molecule has 0 radical (unpaired) electrons. The first-order valence-electron chi connectivity index (χ1n) is 5.48. The summed E-state index contributed by atoms with van der Waals surface area (Å²) in [4.78, 5) is 4.10. The molecule has 0 bridgehead atoms. The molecule has 1 atom stereocenters. The van der Waals surface area contributed by atoms with Crippen LogP contribution in [0.4, 0.5) is 4.39 Å². The molecule has 0 saturated heterocycles. The van der Waals surface area contributed by atoms with E-state index in [-0.39, 0.29) is 5.02 Å². The Morgan fingerprint density at radius 3 is 2.68 bits per heavy atom. The zero-order valence-corrected chi connectivity index (χ0v) is 12.0. The molecule has 0 fully saturated rings. The van der Waals surface area contributed by atoms with Crippen molar-refractivity contribution in [3.8, 4) is 0 Å². The predicted octanol–water partition coefficient (Wildman–Crippen LogP) is 4.42. The lowest BCUT2D eigenvalue weighted by molar-refractivity contribution is 0.621. The van der Waals surface area contributed by atoms with Crippen LogP contribution in [-0.2, 0) is 6.42 Å². The summed E-state index contributed by atoms with van der Waals surface area (Å²) in [6, 6.07) is 5.68. The van der Waals surface area contributed by atoms with E-state index in [9.17, 15) is 4.39 Å². The van der Waals surface area contributed by atoms with Crippen molar-refractivity contribution in [2.75, 3.05) is 0 Å². The molecule has 1 aromatic carbocycles. The molecule has 2 nitrogen and oxygen atoms in total. The van der Waals surface area contributed by atoms with Gasteiger partial charge in [0.2, 0.25) is 0 Å². The van der Waals surface area contributed by atoms with Gasteiger partial charge < -0.3 is 5.73 Å². The molecule has 1 aromatic heterocycles. The topological polar surface area (TPSA) is 38.9 Å². The van der Waals surface area contributed by atoms with Crippen molar-refractivity contribution in [3.05, 3.63) is 62.6 Å². The number of nitrogens with zero attached hydrogens (tertiary/aromatic N) is 1. The molecule has 2 rings (SSSR count). The summed E-state index contributed by atoms with van der Waals surface area (Å²) < 4.78 is 13.3. The summed E-state index contributed by atoms with van der Waals surface area (Å²) in [5.74, 6) is -0.471. The second-order valence-electron chi connectivity index (χ2n) is 4.04. The summed E-state index contributed by atoms with van der Waals surface area (Å²) in [6.07, 6.45) is 1.81. The van der Waals surface area contributed by atoms with Crippen LogP contribution in [0.5, 0.6) is 0 Å². The summed E-state index contributed by atoms with van der Waals surface area (Å²) in [5, 5.41) is 0.889. The average molecular weight is 320 g/mol. The SMILES string of the molecule is NC(Cc1cccc(F)c1Cl)c1ncc(Cl)cc1Cl. The Labute approximate surface area is 125 Å². The number of hydrogen-bond donors (Lipinski definition) is 1. The number of rotatable bonds is 3. The van der Waals surface area contributed by atoms with Crippen LogP contribution in [0.15, 0.2) is 30.5 Å². The molecular formula is C13H10Cl3FN2. The first-order chi connectivity index (χ1) is 8.99. The van der Waals surface area contributed by atoms with Crippen LogP contribution in [0.1, 0.15) is 17.3 Å². The van der Waals surface area contributed by atoms with Gasteiger partial charge in [0.05, 0.1) is 26.8 Å². The molecule has 100 valence electrons. The molecule has 0 aliphatic carbocycles. The van der Waals surface area contributed by atoms with Gasteiger partial charge in [-0.3, -0.25) is 4.98 Å². The van der Waals surface area contributed by atoms with E-state index in [1.54, 1.807) is 18.2 Å². The van der Waals surface area contributed by atoms with Crippen molar-refractivity contribution in [2.24, 2.45) is 5.73 Å². The summed E-state index contributed by atoms with van der Waals surface area (Å²) in [6.45, 7) is 0. The van der Waals surface area contributed by atoms with Gasteiger partial charge in [0.25, 0.3) is 0 Å². The monoisotopic (exact) mass is 318 g/mol. The summed E-state index contributed by atoms with van der Waals surface area (Å²) in [7, 11) is 0. The molecule has 0 saturated carbocycles. The zero-order valence-electron chi connectivity index (χ0n) is 9.71. The van der Waals surface area contributed by atoms with E-state index in [4.69, 9.17) is 40.5 Å². The number of aromatic nitrogens is 1. The first-order valence-corrected chi connectivity index (χ1v) is 6.62. The van der Waals surface area contributed by atoms with Gasteiger partial charge in [-0.25, -0.2) is 4.39 Å². The number of pyridine rings is 1. The largest absolute Gasteiger partial charge is 0.322 e. The highest BCUT2D eigenvalue weighted by atomic mass is 35.5. The lowest BCUT2D eigenvalue weighted by Crippen LogP contribution is -2.16. The predicted molar refractivity (Wildman–Crippen MR) is 76.3 cm³/mol. The van der Waals surface area contributed by atoms with E-state index in [1.807, 2.05) is 0 Å². The molecule has 1 heterocycles. The number of hydrogen-bond acceptors (Lipinski definition) is 2. The Hall–Kier alpha value is -0.870.